The number of halogens is 2. The van der Waals surface area contributed by atoms with Crippen molar-refractivity contribution in [3.8, 4) is 0 Å². The molecule has 1 aromatic carbocycles. The Bertz CT molecular complexity index is 717. The smallest absolute Gasteiger partial charge is 0.199 e. The Balaban J connectivity index is 2.46. The van der Waals surface area contributed by atoms with Crippen molar-refractivity contribution in [2.75, 3.05) is 0 Å². The number of fused-ring (bicyclic) bond motifs is 1. The maximum absolute atomic E-state index is 13.3. The molecule has 1 saturated carbocycles. The monoisotopic (exact) mass is 249 g/mol. The van der Waals surface area contributed by atoms with E-state index < -0.39 is 17.1 Å². The van der Waals surface area contributed by atoms with Gasteiger partial charge in [-0.3, -0.25) is 9.59 Å². The van der Waals surface area contributed by atoms with Gasteiger partial charge in [-0.2, -0.15) is 0 Å². The number of rotatable bonds is 2. The van der Waals surface area contributed by atoms with Gasteiger partial charge in [0.05, 0.1) is 11.1 Å². The number of nitrogens with zero attached hydrogens (tertiary/aromatic N) is 1. The highest BCUT2D eigenvalue weighted by Crippen LogP contribution is 2.37. The Morgan fingerprint density at radius 3 is 2.50 bits per heavy atom. The van der Waals surface area contributed by atoms with Crippen LogP contribution < -0.4 is 5.43 Å². The molecule has 0 saturated heterocycles. The summed E-state index contributed by atoms with van der Waals surface area (Å²) in [7, 11) is 0. The normalized spacial score (nSPS) is 15.0. The van der Waals surface area contributed by atoms with Crippen LogP contribution in [-0.2, 0) is 0 Å². The van der Waals surface area contributed by atoms with Crippen LogP contribution in [0.15, 0.2) is 23.1 Å². The number of hydrogen-bond donors (Lipinski definition) is 0. The van der Waals surface area contributed by atoms with E-state index in [1.54, 1.807) is 4.57 Å². The molecule has 1 heterocycles. The minimum Gasteiger partial charge on any atom is -0.343 e. The molecule has 1 aliphatic rings. The molecule has 0 radical (unpaired) electrons. The average molecular weight is 249 g/mol. The minimum atomic E-state index is -1.08. The highest BCUT2D eigenvalue weighted by Gasteiger charge is 2.26. The molecule has 92 valence electrons. The zero-order valence-electron chi connectivity index (χ0n) is 9.32. The van der Waals surface area contributed by atoms with Gasteiger partial charge < -0.3 is 4.57 Å². The van der Waals surface area contributed by atoms with E-state index >= 15 is 0 Å². The lowest BCUT2D eigenvalue weighted by molar-refractivity contribution is 0.112. The van der Waals surface area contributed by atoms with Crippen molar-refractivity contribution in [3.63, 3.8) is 0 Å². The number of aromatic nitrogens is 1. The molecular formula is C13H9F2NO2. The van der Waals surface area contributed by atoms with Gasteiger partial charge in [0.1, 0.15) is 0 Å². The number of carbonyl (C=O) groups is 1. The lowest BCUT2D eigenvalue weighted by Crippen LogP contribution is -2.14. The summed E-state index contributed by atoms with van der Waals surface area (Å²) in [6.07, 6.45) is 3.69. The van der Waals surface area contributed by atoms with Crippen LogP contribution in [0.5, 0.6) is 0 Å². The third-order valence-corrected chi connectivity index (χ3v) is 3.17. The minimum absolute atomic E-state index is 0.0274. The second-order valence-corrected chi connectivity index (χ2v) is 4.45. The third-order valence-electron chi connectivity index (χ3n) is 3.17. The van der Waals surface area contributed by atoms with Crippen LogP contribution in [0.3, 0.4) is 0 Å². The molecule has 1 fully saturated rings. The Kier molecular flexibility index (Phi) is 2.29. The van der Waals surface area contributed by atoms with Crippen molar-refractivity contribution in [3.05, 3.63) is 45.8 Å². The summed E-state index contributed by atoms with van der Waals surface area (Å²) in [5.74, 6) is -2.07. The molecule has 0 spiro atoms. The van der Waals surface area contributed by atoms with Gasteiger partial charge >= 0.3 is 0 Å². The van der Waals surface area contributed by atoms with Crippen LogP contribution in [0.1, 0.15) is 29.2 Å². The van der Waals surface area contributed by atoms with Crippen molar-refractivity contribution >= 4 is 17.2 Å². The summed E-state index contributed by atoms with van der Waals surface area (Å²) in [6, 6.07) is 2.04. The molecule has 0 bridgehead atoms. The van der Waals surface area contributed by atoms with Crippen molar-refractivity contribution in [2.24, 2.45) is 0 Å². The predicted octanol–water partition coefficient (Wildman–Crippen LogP) is 2.43. The highest BCUT2D eigenvalue weighted by molar-refractivity contribution is 5.86. The molecule has 2 aromatic rings. The average Bonchev–Trinajstić information content (AvgIpc) is 3.17. The first kappa shape index (κ1) is 11.1. The maximum Gasteiger partial charge on any atom is 0.199 e. The molecule has 0 N–H and O–H groups in total. The molecule has 1 aromatic heterocycles. The van der Waals surface area contributed by atoms with Crippen LogP contribution in [0, 0.1) is 11.6 Å². The zero-order chi connectivity index (χ0) is 12.9. The van der Waals surface area contributed by atoms with E-state index in [0.717, 1.165) is 25.0 Å². The summed E-state index contributed by atoms with van der Waals surface area (Å²) in [5, 5.41) is 0.0467. The number of carbonyl (C=O) groups excluding carboxylic acids is 1. The van der Waals surface area contributed by atoms with Gasteiger partial charge in [0.15, 0.2) is 23.3 Å². The van der Waals surface area contributed by atoms with E-state index in [0.29, 0.717) is 11.8 Å². The zero-order valence-corrected chi connectivity index (χ0v) is 9.32. The first-order chi connectivity index (χ1) is 8.61. The van der Waals surface area contributed by atoms with E-state index in [1.165, 1.54) is 6.20 Å². The summed E-state index contributed by atoms with van der Waals surface area (Å²) < 4.78 is 28.2. The molecule has 18 heavy (non-hydrogen) atoms. The molecule has 0 aliphatic heterocycles. The quantitative estimate of drug-likeness (QED) is 0.767. The van der Waals surface area contributed by atoms with Crippen molar-refractivity contribution in [1.29, 1.82) is 0 Å². The third kappa shape index (κ3) is 1.54. The molecule has 3 nitrogen and oxygen atoms in total. The maximum atomic E-state index is 13.3. The van der Waals surface area contributed by atoms with Crippen LogP contribution >= 0.6 is 0 Å². The molecule has 1 aliphatic carbocycles. The molecule has 0 unspecified atom stereocenters. The van der Waals surface area contributed by atoms with Gasteiger partial charge in [0.2, 0.25) is 0 Å². The lowest BCUT2D eigenvalue weighted by Gasteiger charge is -2.11. The fourth-order valence-electron chi connectivity index (χ4n) is 2.10. The molecule has 3 rings (SSSR count). The van der Waals surface area contributed by atoms with Crippen molar-refractivity contribution in [2.45, 2.75) is 18.9 Å². The predicted molar refractivity (Wildman–Crippen MR) is 61.8 cm³/mol. The van der Waals surface area contributed by atoms with Gasteiger partial charge in [0, 0.05) is 23.7 Å². The highest BCUT2D eigenvalue weighted by atomic mass is 19.2. The van der Waals surface area contributed by atoms with Gasteiger partial charge in [-0.05, 0) is 18.9 Å². The van der Waals surface area contributed by atoms with E-state index in [2.05, 4.69) is 0 Å². The SMILES string of the molecule is O=Cc1cn(C2CC2)c2cc(F)c(F)cc2c1=O. The standard InChI is InChI=1S/C13H9F2NO2/c14-10-3-9-12(4-11(10)15)16(8-1-2-8)5-7(6-17)13(9)18/h3-6,8H,1-2H2. The van der Waals surface area contributed by atoms with Crippen LogP contribution in [0.2, 0.25) is 0 Å². The fraction of sp³-hybridized carbons (Fsp3) is 0.231. The van der Waals surface area contributed by atoms with Crippen LogP contribution in [0.4, 0.5) is 8.78 Å². The van der Waals surface area contributed by atoms with Crippen LogP contribution in [-0.4, -0.2) is 10.9 Å². The number of hydrogen-bond acceptors (Lipinski definition) is 2. The van der Waals surface area contributed by atoms with Gasteiger partial charge in [0.25, 0.3) is 0 Å². The lowest BCUT2D eigenvalue weighted by atomic mass is 10.1. The second-order valence-electron chi connectivity index (χ2n) is 4.45. The fourth-order valence-corrected chi connectivity index (χ4v) is 2.10. The Morgan fingerprint density at radius 1 is 1.22 bits per heavy atom. The van der Waals surface area contributed by atoms with Gasteiger partial charge in [-0.25, -0.2) is 8.78 Å². The topological polar surface area (TPSA) is 39.1 Å². The number of pyridine rings is 1. The van der Waals surface area contributed by atoms with E-state index in [-0.39, 0.29) is 17.0 Å². The Labute approximate surface area is 101 Å². The summed E-state index contributed by atoms with van der Waals surface area (Å²) in [4.78, 5) is 22.7. The molecule has 0 amide bonds. The summed E-state index contributed by atoms with van der Waals surface area (Å²) in [5.41, 5.74) is -0.247. The Hall–Kier alpha value is -2.04. The van der Waals surface area contributed by atoms with Gasteiger partial charge in [-0.15, -0.1) is 0 Å². The number of aldehydes is 1. The van der Waals surface area contributed by atoms with E-state index in [1.807, 2.05) is 0 Å². The van der Waals surface area contributed by atoms with Crippen molar-refractivity contribution in [1.82, 2.24) is 4.57 Å². The summed E-state index contributed by atoms with van der Waals surface area (Å²) >= 11 is 0. The van der Waals surface area contributed by atoms with E-state index in [9.17, 15) is 18.4 Å². The Morgan fingerprint density at radius 2 is 1.89 bits per heavy atom. The second kappa shape index (κ2) is 3.73. The first-order valence-corrected chi connectivity index (χ1v) is 5.61. The first-order valence-electron chi connectivity index (χ1n) is 5.61. The summed E-state index contributed by atoms with van der Waals surface area (Å²) in [6.45, 7) is 0. The molecular weight excluding hydrogens is 240 g/mol. The van der Waals surface area contributed by atoms with E-state index in [4.69, 9.17) is 0 Å². The largest absolute Gasteiger partial charge is 0.343 e. The number of benzene rings is 1. The molecule has 0 atom stereocenters. The van der Waals surface area contributed by atoms with Crippen LogP contribution in [0.25, 0.3) is 10.9 Å². The molecule has 5 heteroatoms. The van der Waals surface area contributed by atoms with Gasteiger partial charge in [-0.1, -0.05) is 0 Å². The van der Waals surface area contributed by atoms with Crippen molar-refractivity contribution < 1.29 is 13.6 Å².